The van der Waals surface area contributed by atoms with Gasteiger partial charge >= 0.3 is 0 Å². The highest BCUT2D eigenvalue weighted by Gasteiger charge is 2.20. The maximum Gasteiger partial charge on any atom is 0.254 e. The molecule has 0 bridgehead atoms. The van der Waals surface area contributed by atoms with Crippen molar-refractivity contribution < 1.29 is 9.18 Å². The SMILES string of the molecule is CCCN(Cc1nc2ccc(Cl)cc2n1-c1ccccc1)C(=O)c1cccc(F)c1. The van der Waals surface area contributed by atoms with Crippen LogP contribution in [0, 0.1) is 5.82 Å². The lowest BCUT2D eigenvalue weighted by atomic mass is 10.2. The van der Waals surface area contributed by atoms with Crippen molar-refractivity contribution in [3.8, 4) is 5.69 Å². The number of aromatic nitrogens is 2. The predicted octanol–water partition coefficient (Wildman–Crippen LogP) is 5.87. The number of hydrogen-bond acceptors (Lipinski definition) is 2. The molecule has 4 aromatic rings. The second kappa shape index (κ2) is 8.67. The van der Waals surface area contributed by atoms with E-state index in [1.807, 2.05) is 54.0 Å². The quantitative estimate of drug-likeness (QED) is 0.390. The molecular weight excluding hydrogens is 401 g/mol. The zero-order valence-electron chi connectivity index (χ0n) is 16.6. The summed E-state index contributed by atoms with van der Waals surface area (Å²) in [7, 11) is 0. The Labute approximate surface area is 179 Å². The first-order valence-electron chi connectivity index (χ1n) is 9.84. The standard InChI is InChI=1S/C24H21ClFN3O/c1-2-13-28(24(30)17-7-6-8-19(26)14-17)16-23-27-21-12-11-18(25)15-22(21)29(23)20-9-4-3-5-10-20/h3-12,14-15H,2,13,16H2,1H3. The molecule has 152 valence electrons. The van der Waals surface area contributed by atoms with Gasteiger partial charge in [0.15, 0.2) is 0 Å². The van der Waals surface area contributed by atoms with Crippen LogP contribution in [-0.4, -0.2) is 26.9 Å². The van der Waals surface area contributed by atoms with Crippen molar-refractivity contribution in [1.82, 2.24) is 14.5 Å². The molecule has 0 saturated heterocycles. The number of carbonyl (C=O) groups excluding carboxylic acids is 1. The van der Waals surface area contributed by atoms with E-state index < -0.39 is 5.82 Å². The van der Waals surface area contributed by atoms with E-state index >= 15 is 0 Å². The van der Waals surface area contributed by atoms with Gasteiger partial charge in [-0.3, -0.25) is 9.36 Å². The minimum Gasteiger partial charge on any atom is -0.331 e. The van der Waals surface area contributed by atoms with Gasteiger partial charge in [0, 0.05) is 22.8 Å². The van der Waals surface area contributed by atoms with E-state index in [1.165, 1.54) is 12.1 Å². The smallest absolute Gasteiger partial charge is 0.254 e. The van der Waals surface area contributed by atoms with Gasteiger partial charge in [-0.1, -0.05) is 42.8 Å². The molecule has 1 amide bonds. The normalized spacial score (nSPS) is 11.0. The van der Waals surface area contributed by atoms with Gasteiger partial charge in [-0.2, -0.15) is 0 Å². The first kappa shape index (κ1) is 20.1. The molecule has 0 saturated carbocycles. The number of amides is 1. The van der Waals surface area contributed by atoms with E-state index in [1.54, 1.807) is 23.1 Å². The topological polar surface area (TPSA) is 38.1 Å². The third-order valence-corrected chi connectivity index (χ3v) is 5.12. The number of para-hydroxylation sites is 1. The average molecular weight is 422 g/mol. The van der Waals surface area contributed by atoms with Crippen LogP contribution in [0.1, 0.15) is 29.5 Å². The van der Waals surface area contributed by atoms with Crippen molar-refractivity contribution in [1.29, 1.82) is 0 Å². The molecule has 0 aliphatic heterocycles. The highest BCUT2D eigenvalue weighted by molar-refractivity contribution is 6.31. The van der Waals surface area contributed by atoms with E-state index in [4.69, 9.17) is 16.6 Å². The molecule has 0 atom stereocenters. The lowest BCUT2D eigenvalue weighted by Crippen LogP contribution is -2.32. The highest BCUT2D eigenvalue weighted by atomic mass is 35.5. The Morgan fingerprint density at radius 1 is 1.07 bits per heavy atom. The van der Waals surface area contributed by atoms with Crippen molar-refractivity contribution in [3.63, 3.8) is 0 Å². The molecule has 0 unspecified atom stereocenters. The first-order valence-corrected chi connectivity index (χ1v) is 10.2. The summed E-state index contributed by atoms with van der Waals surface area (Å²) in [5, 5.41) is 0.618. The van der Waals surface area contributed by atoms with Gasteiger partial charge in [0.1, 0.15) is 11.6 Å². The molecule has 0 spiro atoms. The molecule has 3 aromatic carbocycles. The zero-order chi connectivity index (χ0) is 21.1. The lowest BCUT2D eigenvalue weighted by molar-refractivity contribution is 0.0738. The Kier molecular flexibility index (Phi) is 5.81. The van der Waals surface area contributed by atoms with Crippen LogP contribution in [-0.2, 0) is 6.54 Å². The van der Waals surface area contributed by atoms with Crippen LogP contribution < -0.4 is 0 Å². The van der Waals surface area contributed by atoms with Crippen LogP contribution >= 0.6 is 11.6 Å². The van der Waals surface area contributed by atoms with E-state index in [-0.39, 0.29) is 5.91 Å². The molecule has 0 aliphatic rings. The van der Waals surface area contributed by atoms with Crippen LogP contribution in [0.3, 0.4) is 0 Å². The van der Waals surface area contributed by atoms with Crippen LogP contribution in [0.4, 0.5) is 4.39 Å². The van der Waals surface area contributed by atoms with Gasteiger partial charge in [-0.15, -0.1) is 0 Å². The number of fused-ring (bicyclic) bond motifs is 1. The molecule has 0 aliphatic carbocycles. The number of benzene rings is 3. The van der Waals surface area contributed by atoms with Gasteiger partial charge in [0.05, 0.1) is 17.6 Å². The van der Waals surface area contributed by atoms with Crippen LogP contribution in [0.5, 0.6) is 0 Å². The van der Waals surface area contributed by atoms with Gasteiger partial charge in [-0.05, 0) is 55.0 Å². The second-order valence-corrected chi connectivity index (χ2v) is 7.51. The van der Waals surface area contributed by atoms with Crippen molar-refractivity contribution in [2.45, 2.75) is 19.9 Å². The summed E-state index contributed by atoms with van der Waals surface area (Å²) in [4.78, 5) is 19.6. The average Bonchev–Trinajstić information content (AvgIpc) is 3.10. The third-order valence-electron chi connectivity index (χ3n) is 4.88. The highest BCUT2D eigenvalue weighted by Crippen LogP contribution is 2.26. The fourth-order valence-electron chi connectivity index (χ4n) is 3.57. The molecule has 4 nitrogen and oxygen atoms in total. The summed E-state index contributed by atoms with van der Waals surface area (Å²) in [6.45, 7) is 2.84. The van der Waals surface area contributed by atoms with Gasteiger partial charge < -0.3 is 4.90 Å². The van der Waals surface area contributed by atoms with Gasteiger partial charge in [0.25, 0.3) is 5.91 Å². The molecule has 0 radical (unpaired) electrons. The Morgan fingerprint density at radius 2 is 1.87 bits per heavy atom. The Hall–Kier alpha value is -3.18. The summed E-state index contributed by atoms with van der Waals surface area (Å²) >= 11 is 6.25. The number of nitrogens with zero attached hydrogens (tertiary/aromatic N) is 3. The van der Waals surface area contributed by atoms with Crippen molar-refractivity contribution in [3.05, 3.63) is 95.0 Å². The molecule has 4 rings (SSSR count). The summed E-state index contributed by atoms with van der Waals surface area (Å²) in [5.74, 6) is 0.0705. The summed E-state index contributed by atoms with van der Waals surface area (Å²) in [6.07, 6.45) is 0.776. The first-order chi connectivity index (χ1) is 14.6. The van der Waals surface area contributed by atoms with E-state index in [0.29, 0.717) is 23.7 Å². The summed E-state index contributed by atoms with van der Waals surface area (Å²) in [6, 6.07) is 21.2. The largest absolute Gasteiger partial charge is 0.331 e. The Balaban J connectivity index is 1.78. The fourth-order valence-corrected chi connectivity index (χ4v) is 3.73. The summed E-state index contributed by atoms with van der Waals surface area (Å²) in [5.41, 5.74) is 2.94. The Morgan fingerprint density at radius 3 is 2.60 bits per heavy atom. The maximum atomic E-state index is 13.7. The number of imidazole rings is 1. The molecule has 1 aromatic heterocycles. The molecule has 0 N–H and O–H groups in total. The Bertz CT molecular complexity index is 1190. The molecule has 30 heavy (non-hydrogen) atoms. The predicted molar refractivity (Wildman–Crippen MR) is 118 cm³/mol. The number of hydrogen-bond donors (Lipinski definition) is 0. The lowest BCUT2D eigenvalue weighted by Gasteiger charge is -2.22. The van der Waals surface area contributed by atoms with Gasteiger partial charge in [-0.25, -0.2) is 9.37 Å². The summed E-state index contributed by atoms with van der Waals surface area (Å²) < 4.78 is 15.7. The van der Waals surface area contributed by atoms with Gasteiger partial charge in [0.2, 0.25) is 0 Å². The molecule has 1 heterocycles. The van der Waals surface area contributed by atoms with Crippen molar-refractivity contribution >= 4 is 28.5 Å². The third kappa shape index (κ3) is 4.07. The van der Waals surface area contributed by atoms with Crippen molar-refractivity contribution in [2.75, 3.05) is 6.54 Å². The van der Waals surface area contributed by atoms with Crippen LogP contribution in [0.25, 0.3) is 16.7 Å². The van der Waals surface area contributed by atoms with Crippen molar-refractivity contribution in [2.24, 2.45) is 0 Å². The monoisotopic (exact) mass is 421 g/mol. The van der Waals surface area contributed by atoms with E-state index in [9.17, 15) is 9.18 Å². The zero-order valence-corrected chi connectivity index (χ0v) is 17.3. The van der Waals surface area contributed by atoms with E-state index in [2.05, 4.69) is 0 Å². The second-order valence-electron chi connectivity index (χ2n) is 7.07. The van der Waals surface area contributed by atoms with Crippen LogP contribution in [0.2, 0.25) is 5.02 Å². The molecular formula is C24H21ClFN3O. The minimum atomic E-state index is -0.427. The molecule has 6 heteroatoms. The minimum absolute atomic E-state index is 0.221. The maximum absolute atomic E-state index is 13.7. The van der Waals surface area contributed by atoms with E-state index in [0.717, 1.165) is 29.0 Å². The fraction of sp³-hybridized carbons (Fsp3) is 0.167. The number of halogens is 2. The van der Waals surface area contributed by atoms with Crippen LogP contribution in [0.15, 0.2) is 72.8 Å². The number of rotatable bonds is 6. The molecule has 0 fully saturated rings. The number of carbonyl (C=O) groups is 1.